The monoisotopic (exact) mass is 294 g/mol. The second-order valence-electron chi connectivity index (χ2n) is 5.23. The number of carbonyl (C=O) groups excluding carboxylic acids is 1. The van der Waals surface area contributed by atoms with Crippen molar-refractivity contribution in [3.8, 4) is 0 Å². The predicted molar refractivity (Wildman–Crippen MR) is 82.1 cm³/mol. The molecule has 1 aromatic carbocycles. The third-order valence-electron chi connectivity index (χ3n) is 3.73. The number of nitrogens with two attached hydrogens (primary N) is 1. The Labute approximate surface area is 123 Å². The zero-order valence-electron chi connectivity index (χ0n) is 11.3. The van der Waals surface area contributed by atoms with Crippen molar-refractivity contribution >= 4 is 28.8 Å². The number of amides is 1. The summed E-state index contributed by atoms with van der Waals surface area (Å²) >= 11 is 4.90. The van der Waals surface area contributed by atoms with Gasteiger partial charge in [0.15, 0.2) is 0 Å². The Morgan fingerprint density at radius 1 is 1.25 bits per heavy atom. The minimum atomic E-state index is -0.416. The Morgan fingerprint density at radius 2 is 1.90 bits per heavy atom. The Hall–Kier alpha value is -1.49. The van der Waals surface area contributed by atoms with Crippen LogP contribution in [0.25, 0.3) is 0 Å². The highest BCUT2D eigenvalue weighted by Gasteiger charge is 2.21. The van der Waals surface area contributed by atoms with Crippen LogP contribution in [0.15, 0.2) is 18.2 Å². The van der Waals surface area contributed by atoms with Crippen molar-refractivity contribution in [2.75, 3.05) is 5.32 Å². The molecule has 1 amide bonds. The summed E-state index contributed by atoms with van der Waals surface area (Å²) in [5.74, 6) is -0.405. The van der Waals surface area contributed by atoms with Crippen molar-refractivity contribution < 1.29 is 9.18 Å². The highest BCUT2D eigenvalue weighted by molar-refractivity contribution is 7.80. The maximum Gasteiger partial charge on any atom is 0.227 e. The molecule has 2 rings (SSSR count). The average Bonchev–Trinajstić information content (AvgIpc) is 2.69. The van der Waals surface area contributed by atoms with Gasteiger partial charge in [0.25, 0.3) is 0 Å². The van der Waals surface area contributed by atoms with Crippen molar-refractivity contribution in [1.29, 1.82) is 0 Å². The van der Waals surface area contributed by atoms with E-state index in [1.807, 2.05) is 0 Å². The van der Waals surface area contributed by atoms with Crippen LogP contribution < -0.4 is 11.1 Å². The van der Waals surface area contributed by atoms with Crippen LogP contribution in [-0.4, -0.2) is 10.9 Å². The molecule has 1 saturated carbocycles. The van der Waals surface area contributed by atoms with Crippen LogP contribution in [0.2, 0.25) is 0 Å². The van der Waals surface area contributed by atoms with Crippen LogP contribution in [0.1, 0.15) is 44.1 Å². The molecule has 0 radical (unpaired) electrons. The summed E-state index contributed by atoms with van der Waals surface area (Å²) in [5, 5.41) is 2.84. The maximum absolute atomic E-state index is 13.2. The SMILES string of the molecule is NC(=S)c1cc(F)ccc1NC(=O)C1CCCCCC1. The molecule has 0 atom stereocenters. The molecule has 0 aliphatic heterocycles. The first-order valence-corrected chi connectivity index (χ1v) is 7.39. The highest BCUT2D eigenvalue weighted by Crippen LogP contribution is 2.25. The van der Waals surface area contributed by atoms with E-state index >= 15 is 0 Å². The molecule has 3 nitrogen and oxygen atoms in total. The molecule has 1 aromatic rings. The van der Waals surface area contributed by atoms with Crippen LogP contribution in [0.4, 0.5) is 10.1 Å². The third kappa shape index (κ3) is 3.76. The number of benzene rings is 1. The van der Waals surface area contributed by atoms with Crippen molar-refractivity contribution in [1.82, 2.24) is 0 Å². The number of anilines is 1. The average molecular weight is 294 g/mol. The van der Waals surface area contributed by atoms with Gasteiger partial charge in [-0.3, -0.25) is 4.79 Å². The first-order valence-electron chi connectivity index (χ1n) is 6.98. The van der Waals surface area contributed by atoms with Gasteiger partial charge in [-0.25, -0.2) is 4.39 Å². The van der Waals surface area contributed by atoms with E-state index in [-0.39, 0.29) is 16.8 Å². The maximum atomic E-state index is 13.2. The molecule has 1 fully saturated rings. The molecular weight excluding hydrogens is 275 g/mol. The fraction of sp³-hybridized carbons (Fsp3) is 0.467. The highest BCUT2D eigenvalue weighted by atomic mass is 32.1. The number of hydrogen-bond donors (Lipinski definition) is 2. The van der Waals surface area contributed by atoms with Crippen LogP contribution in [-0.2, 0) is 4.79 Å². The minimum Gasteiger partial charge on any atom is -0.389 e. The van der Waals surface area contributed by atoms with Crippen molar-refractivity contribution in [3.63, 3.8) is 0 Å². The first kappa shape index (κ1) is 14.9. The second-order valence-corrected chi connectivity index (χ2v) is 5.67. The second kappa shape index (κ2) is 6.79. The normalized spacial score (nSPS) is 16.4. The lowest BCUT2D eigenvalue weighted by molar-refractivity contribution is -0.120. The standard InChI is InChI=1S/C15H19FN2OS/c16-11-7-8-13(12(9-11)14(17)20)18-15(19)10-5-3-1-2-4-6-10/h7-10H,1-6H2,(H2,17,20)(H,18,19). The van der Waals surface area contributed by atoms with E-state index in [2.05, 4.69) is 5.32 Å². The molecular formula is C15H19FN2OS. The molecule has 0 aromatic heterocycles. The molecule has 0 unspecified atom stereocenters. The van der Waals surface area contributed by atoms with E-state index in [4.69, 9.17) is 18.0 Å². The lowest BCUT2D eigenvalue weighted by Gasteiger charge is -2.16. The molecule has 0 saturated heterocycles. The lowest BCUT2D eigenvalue weighted by atomic mass is 9.99. The lowest BCUT2D eigenvalue weighted by Crippen LogP contribution is -2.24. The largest absolute Gasteiger partial charge is 0.389 e. The number of nitrogens with one attached hydrogen (secondary N) is 1. The van der Waals surface area contributed by atoms with E-state index in [9.17, 15) is 9.18 Å². The van der Waals surface area contributed by atoms with E-state index < -0.39 is 5.82 Å². The summed E-state index contributed by atoms with van der Waals surface area (Å²) < 4.78 is 13.2. The fourth-order valence-corrected chi connectivity index (χ4v) is 2.77. The summed E-state index contributed by atoms with van der Waals surface area (Å²) in [6.45, 7) is 0. The summed E-state index contributed by atoms with van der Waals surface area (Å²) in [5.41, 5.74) is 6.45. The number of halogens is 1. The Kier molecular flexibility index (Phi) is 5.06. The zero-order valence-corrected chi connectivity index (χ0v) is 12.1. The van der Waals surface area contributed by atoms with E-state index in [0.29, 0.717) is 11.3 Å². The summed E-state index contributed by atoms with van der Waals surface area (Å²) in [4.78, 5) is 12.4. The van der Waals surface area contributed by atoms with Gasteiger partial charge in [-0.2, -0.15) is 0 Å². The molecule has 3 N–H and O–H groups in total. The van der Waals surface area contributed by atoms with Crippen molar-refractivity contribution in [2.45, 2.75) is 38.5 Å². The minimum absolute atomic E-state index is 0.0176. The molecule has 1 aliphatic rings. The molecule has 108 valence electrons. The Morgan fingerprint density at radius 3 is 2.50 bits per heavy atom. The summed E-state index contributed by atoms with van der Waals surface area (Å²) in [7, 11) is 0. The topological polar surface area (TPSA) is 55.1 Å². The smallest absolute Gasteiger partial charge is 0.227 e. The predicted octanol–water partition coefficient (Wildman–Crippen LogP) is 3.37. The molecule has 0 bridgehead atoms. The van der Waals surface area contributed by atoms with Crippen LogP contribution in [0, 0.1) is 11.7 Å². The van der Waals surface area contributed by atoms with E-state index in [1.54, 1.807) is 0 Å². The Balaban J connectivity index is 2.12. The number of hydrogen-bond acceptors (Lipinski definition) is 2. The molecule has 0 heterocycles. The fourth-order valence-electron chi connectivity index (χ4n) is 2.61. The van der Waals surface area contributed by atoms with Crippen LogP contribution in [0.5, 0.6) is 0 Å². The first-order chi connectivity index (χ1) is 9.58. The van der Waals surface area contributed by atoms with Gasteiger partial charge in [-0.15, -0.1) is 0 Å². The van der Waals surface area contributed by atoms with Crippen LogP contribution in [0.3, 0.4) is 0 Å². The van der Waals surface area contributed by atoms with Crippen LogP contribution >= 0.6 is 12.2 Å². The van der Waals surface area contributed by atoms with Gasteiger partial charge in [0.1, 0.15) is 10.8 Å². The molecule has 5 heteroatoms. The van der Waals surface area contributed by atoms with Crippen molar-refractivity contribution in [3.05, 3.63) is 29.6 Å². The molecule has 1 aliphatic carbocycles. The van der Waals surface area contributed by atoms with Gasteiger partial charge < -0.3 is 11.1 Å². The summed E-state index contributed by atoms with van der Waals surface area (Å²) in [6.07, 6.45) is 6.38. The van der Waals surface area contributed by atoms with E-state index in [0.717, 1.165) is 25.7 Å². The number of carbonyl (C=O) groups is 1. The van der Waals surface area contributed by atoms with Gasteiger partial charge in [-0.1, -0.05) is 37.9 Å². The number of thiocarbonyl (C=S) groups is 1. The van der Waals surface area contributed by atoms with Gasteiger partial charge in [0, 0.05) is 11.5 Å². The van der Waals surface area contributed by atoms with E-state index in [1.165, 1.54) is 31.0 Å². The van der Waals surface area contributed by atoms with Gasteiger partial charge in [0.05, 0.1) is 5.69 Å². The quantitative estimate of drug-likeness (QED) is 0.664. The number of rotatable bonds is 3. The summed E-state index contributed by atoms with van der Waals surface area (Å²) in [6, 6.07) is 4.06. The molecule has 0 spiro atoms. The van der Waals surface area contributed by atoms with Gasteiger partial charge in [-0.05, 0) is 31.0 Å². The van der Waals surface area contributed by atoms with Gasteiger partial charge in [0.2, 0.25) is 5.91 Å². The zero-order chi connectivity index (χ0) is 14.5. The van der Waals surface area contributed by atoms with Crippen molar-refractivity contribution in [2.24, 2.45) is 11.7 Å². The molecule has 20 heavy (non-hydrogen) atoms. The van der Waals surface area contributed by atoms with Gasteiger partial charge >= 0.3 is 0 Å². The third-order valence-corrected chi connectivity index (χ3v) is 3.95. The Bertz CT molecular complexity index is 511.